The number of hydrogen-bond donors (Lipinski definition) is 1. The molecule has 0 aliphatic carbocycles. The number of ether oxygens (including phenoxy) is 1. The van der Waals surface area contributed by atoms with Crippen molar-refractivity contribution in [3.8, 4) is 5.75 Å². The van der Waals surface area contributed by atoms with Crippen LogP contribution in [0.4, 0.5) is 5.69 Å². The highest BCUT2D eigenvalue weighted by atomic mass is 35.5. The Kier molecular flexibility index (Phi) is 6.35. The number of benzene rings is 3. The van der Waals surface area contributed by atoms with Gasteiger partial charge in [-0.05, 0) is 50.6 Å². The quantitative estimate of drug-likeness (QED) is 0.541. The van der Waals surface area contributed by atoms with Gasteiger partial charge < -0.3 is 10.1 Å². The molecule has 0 unspecified atom stereocenters. The first kappa shape index (κ1) is 20.6. The van der Waals surface area contributed by atoms with Crippen LogP contribution in [0.1, 0.15) is 34.0 Å². The fourth-order valence-electron chi connectivity index (χ4n) is 2.97. The summed E-state index contributed by atoms with van der Waals surface area (Å²) < 4.78 is 5.82. The summed E-state index contributed by atoms with van der Waals surface area (Å²) in [5, 5.41) is 3.21. The summed E-state index contributed by atoms with van der Waals surface area (Å²) in [6.07, 6.45) is -0.744. The maximum Gasteiger partial charge on any atom is 0.265 e. The Labute approximate surface area is 175 Å². The molecular weight excluding hydrogens is 386 g/mol. The normalized spacial score (nSPS) is 11.6. The van der Waals surface area contributed by atoms with Gasteiger partial charge in [-0.25, -0.2) is 0 Å². The van der Waals surface area contributed by atoms with Crippen LogP contribution in [0, 0.1) is 13.8 Å². The summed E-state index contributed by atoms with van der Waals surface area (Å²) in [5.74, 6) is 0.0794. The summed E-state index contributed by atoms with van der Waals surface area (Å²) >= 11 is 6.10. The van der Waals surface area contributed by atoms with Crippen molar-refractivity contribution < 1.29 is 14.3 Å². The van der Waals surface area contributed by atoms with E-state index in [0.29, 0.717) is 27.6 Å². The minimum Gasteiger partial charge on any atom is -0.481 e. The topological polar surface area (TPSA) is 55.4 Å². The molecule has 0 aliphatic heterocycles. The van der Waals surface area contributed by atoms with Crippen molar-refractivity contribution in [2.24, 2.45) is 0 Å². The molecule has 1 atom stereocenters. The molecule has 0 radical (unpaired) electrons. The second-order valence-electron chi connectivity index (χ2n) is 6.90. The lowest BCUT2D eigenvalue weighted by Crippen LogP contribution is -2.31. The number of aryl methyl sites for hydroxylation is 2. The average Bonchev–Trinajstić information content (AvgIpc) is 2.71. The molecule has 3 aromatic carbocycles. The average molecular weight is 408 g/mol. The molecule has 0 spiro atoms. The van der Waals surface area contributed by atoms with Crippen molar-refractivity contribution >= 4 is 29.0 Å². The summed E-state index contributed by atoms with van der Waals surface area (Å²) in [4.78, 5) is 25.6. The molecule has 3 aromatic rings. The third kappa shape index (κ3) is 5.04. The summed E-state index contributed by atoms with van der Waals surface area (Å²) in [6, 6.07) is 19.5. The Hall–Kier alpha value is -3.11. The molecule has 29 heavy (non-hydrogen) atoms. The van der Waals surface area contributed by atoms with E-state index in [1.54, 1.807) is 49.4 Å². The van der Waals surface area contributed by atoms with Gasteiger partial charge in [-0.3, -0.25) is 9.59 Å². The Balaban J connectivity index is 1.80. The zero-order valence-corrected chi connectivity index (χ0v) is 17.3. The van der Waals surface area contributed by atoms with Gasteiger partial charge in [0.15, 0.2) is 11.9 Å². The lowest BCUT2D eigenvalue weighted by molar-refractivity contribution is -0.122. The van der Waals surface area contributed by atoms with Gasteiger partial charge >= 0.3 is 0 Å². The Morgan fingerprint density at radius 3 is 2.38 bits per heavy atom. The SMILES string of the molecule is Cc1ccc(O[C@H](C)C(=O)Nc2ccc(Cl)cc2C(=O)c2ccccc2)c(C)c1. The van der Waals surface area contributed by atoms with E-state index in [9.17, 15) is 9.59 Å². The molecule has 1 N–H and O–H groups in total. The molecule has 0 aliphatic rings. The highest BCUT2D eigenvalue weighted by Crippen LogP contribution is 2.25. The van der Waals surface area contributed by atoms with Gasteiger partial charge in [-0.1, -0.05) is 59.6 Å². The minimum absolute atomic E-state index is 0.216. The number of carbonyl (C=O) groups is 2. The monoisotopic (exact) mass is 407 g/mol. The van der Waals surface area contributed by atoms with Gasteiger partial charge in [0.2, 0.25) is 0 Å². The number of amides is 1. The number of hydrogen-bond acceptors (Lipinski definition) is 3. The van der Waals surface area contributed by atoms with Crippen LogP contribution in [-0.2, 0) is 4.79 Å². The molecule has 1 amide bonds. The van der Waals surface area contributed by atoms with Crippen LogP contribution in [0.5, 0.6) is 5.75 Å². The summed E-state index contributed by atoms with van der Waals surface area (Å²) in [6.45, 7) is 5.60. The van der Waals surface area contributed by atoms with Crippen molar-refractivity contribution in [3.63, 3.8) is 0 Å². The van der Waals surface area contributed by atoms with Crippen molar-refractivity contribution in [3.05, 3.63) is 94.0 Å². The minimum atomic E-state index is -0.744. The van der Waals surface area contributed by atoms with E-state index >= 15 is 0 Å². The number of anilines is 1. The van der Waals surface area contributed by atoms with Gasteiger partial charge in [0.1, 0.15) is 5.75 Å². The fourth-order valence-corrected chi connectivity index (χ4v) is 3.14. The van der Waals surface area contributed by atoms with E-state index < -0.39 is 6.10 Å². The predicted octanol–water partition coefficient (Wildman–Crippen LogP) is 5.59. The van der Waals surface area contributed by atoms with E-state index in [0.717, 1.165) is 11.1 Å². The number of halogens is 1. The number of carbonyl (C=O) groups excluding carboxylic acids is 2. The second-order valence-corrected chi connectivity index (χ2v) is 7.34. The van der Waals surface area contributed by atoms with Crippen LogP contribution in [0.15, 0.2) is 66.7 Å². The fraction of sp³-hybridized carbons (Fsp3) is 0.167. The molecule has 3 rings (SSSR count). The Bertz CT molecular complexity index is 1050. The second kappa shape index (κ2) is 8.93. The van der Waals surface area contributed by atoms with Crippen LogP contribution < -0.4 is 10.1 Å². The molecule has 0 fully saturated rings. The van der Waals surface area contributed by atoms with E-state index in [2.05, 4.69) is 5.32 Å². The molecule has 0 aromatic heterocycles. The van der Waals surface area contributed by atoms with E-state index in [1.807, 2.05) is 38.1 Å². The molecule has 148 valence electrons. The Morgan fingerprint density at radius 1 is 0.966 bits per heavy atom. The molecule has 4 nitrogen and oxygen atoms in total. The number of ketones is 1. The summed E-state index contributed by atoms with van der Waals surface area (Å²) in [5.41, 5.74) is 3.32. The van der Waals surface area contributed by atoms with Crippen molar-refractivity contribution in [2.75, 3.05) is 5.32 Å². The van der Waals surface area contributed by atoms with Crippen LogP contribution in [0.3, 0.4) is 0 Å². The molecule has 0 heterocycles. The first-order valence-corrected chi connectivity index (χ1v) is 9.67. The molecular formula is C24H22ClNO3. The first-order chi connectivity index (χ1) is 13.8. The first-order valence-electron chi connectivity index (χ1n) is 9.29. The van der Waals surface area contributed by atoms with E-state index in [1.165, 1.54) is 0 Å². The van der Waals surface area contributed by atoms with Gasteiger partial charge in [0.05, 0.1) is 5.69 Å². The largest absolute Gasteiger partial charge is 0.481 e. The van der Waals surface area contributed by atoms with Gasteiger partial charge in [-0.2, -0.15) is 0 Å². The molecule has 5 heteroatoms. The highest BCUT2D eigenvalue weighted by Gasteiger charge is 2.20. The van der Waals surface area contributed by atoms with Crippen molar-refractivity contribution in [1.29, 1.82) is 0 Å². The third-order valence-corrected chi connectivity index (χ3v) is 4.76. The molecule has 0 bridgehead atoms. The van der Waals surface area contributed by atoms with Crippen molar-refractivity contribution in [1.82, 2.24) is 0 Å². The lowest BCUT2D eigenvalue weighted by atomic mass is 10.0. The smallest absolute Gasteiger partial charge is 0.265 e. The van der Waals surface area contributed by atoms with Crippen LogP contribution in [0.25, 0.3) is 0 Å². The lowest BCUT2D eigenvalue weighted by Gasteiger charge is -2.18. The van der Waals surface area contributed by atoms with E-state index in [-0.39, 0.29) is 11.7 Å². The van der Waals surface area contributed by atoms with Crippen LogP contribution >= 0.6 is 11.6 Å². The molecule has 0 saturated carbocycles. The van der Waals surface area contributed by atoms with E-state index in [4.69, 9.17) is 16.3 Å². The van der Waals surface area contributed by atoms with Crippen LogP contribution in [0.2, 0.25) is 5.02 Å². The summed E-state index contributed by atoms with van der Waals surface area (Å²) in [7, 11) is 0. The zero-order chi connectivity index (χ0) is 21.0. The highest BCUT2D eigenvalue weighted by molar-refractivity contribution is 6.31. The third-order valence-electron chi connectivity index (χ3n) is 4.52. The number of nitrogens with one attached hydrogen (secondary N) is 1. The van der Waals surface area contributed by atoms with Crippen molar-refractivity contribution in [2.45, 2.75) is 26.9 Å². The standard InChI is InChI=1S/C24H22ClNO3/c1-15-9-12-22(16(2)13-15)29-17(3)24(28)26-21-11-10-19(25)14-20(21)23(27)18-7-5-4-6-8-18/h4-14,17H,1-3H3,(H,26,28)/t17-/m1/s1. The molecule has 0 saturated heterocycles. The number of rotatable bonds is 6. The van der Waals surface area contributed by atoms with Crippen LogP contribution in [-0.4, -0.2) is 17.8 Å². The zero-order valence-electron chi connectivity index (χ0n) is 16.5. The Morgan fingerprint density at radius 2 is 1.69 bits per heavy atom. The predicted molar refractivity (Wildman–Crippen MR) is 116 cm³/mol. The maximum absolute atomic E-state index is 12.9. The van der Waals surface area contributed by atoms with Gasteiger partial charge in [-0.15, -0.1) is 0 Å². The van der Waals surface area contributed by atoms with Gasteiger partial charge in [0, 0.05) is 16.1 Å². The van der Waals surface area contributed by atoms with Gasteiger partial charge in [0.25, 0.3) is 5.91 Å². The maximum atomic E-state index is 12.9.